The van der Waals surface area contributed by atoms with Crippen LogP contribution < -0.4 is 5.73 Å². The third kappa shape index (κ3) is 2.91. The number of aromatic hydroxyl groups is 2. The van der Waals surface area contributed by atoms with E-state index in [0.29, 0.717) is 12.0 Å². The van der Waals surface area contributed by atoms with Gasteiger partial charge in [0.15, 0.2) is 0 Å². The number of terminal acetylenes is 1. The molecule has 0 atom stereocenters. The van der Waals surface area contributed by atoms with Crippen molar-refractivity contribution in [3.05, 3.63) is 22.3 Å². The lowest BCUT2D eigenvalue weighted by molar-refractivity contribution is -0.432. The summed E-state index contributed by atoms with van der Waals surface area (Å²) in [4.78, 5) is 11.3. The predicted molar refractivity (Wildman–Crippen MR) is 67.1 cm³/mol. The van der Waals surface area contributed by atoms with E-state index in [1.807, 2.05) is 0 Å². The molecule has 8 heteroatoms. The maximum absolute atomic E-state index is 11.3. The third-order valence-corrected chi connectivity index (χ3v) is 3.06. The van der Waals surface area contributed by atoms with Crippen molar-refractivity contribution in [3.63, 3.8) is 0 Å². The van der Waals surface area contributed by atoms with Crippen LogP contribution in [0, 0.1) is 19.3 Å². The molecule has 0 saturated heterocycles. The monoisotopic (exact) mass is 285 g/mol. The molecular formula is C11H11NO6S. The minimum absolute atomic E-state index is 0.00741. The molecule has 0 aromatic heterocycles. The number of hydrogen-bond acceptors (Lipinski definition) is 7. The third-order valence-electron chi connectivity index (χ3n) is 2.50. The molecule has 1 aromatic rings. The van der Waals surface area contributed by atoms with Gasteiger partial charge in [-0.05, 0) is 12.5 Å². The van der Waals surface area contributed by atoms with Gasteiger partial charge in [-0.1, -0.05) is 11.0 Å². The van der Waals surface area contributed by atoms with Gasteiger partial charge in [0.05, 0.1) is 11.3 Å². The molecule has 7 nitrogen and oxygen atoms in total. The molecule has 0 saturated carbocycles. The van der Waals surface area contributed by atoms with Crippen LogP contribution in [0.15, 0.2) is 0 Å². The highest BCUT2D eigenvalue weighted by molar-refractivity contribution is 7.93. The van der Waals surface area contributed by atoms with Crippen molar-refractivity contribution in [2.45, 2.75) is 12.7 Å². The van der Waals surface area contributed by atoms with Crippen molar-refractivity contribution in [3.8, 4) is 23.8 Å². The summed E-state index contributed by atoms with van der Waals surface area (Å²) in [5.41, 5.74) is 5.25. The lowest BCUT2D eigenvalue weighted by Crippen LogP contribution is -2.15. The fourth-order valence-corrected chi connectivity index (χ4v) is 2.18. The average Bonchev–Trinajstić information content (AvgIpc) is 2.33. The van der Waals surface area contributed by atoms with Crippen LogP contribution in [0.2, 0.25) is 0 Å². The molecule has 0 bridgehead atoms. The van der Waals surface area contributed by atoms with Crippen molar-refractivity contribution in [1.29, 1.82) is 0 Å². The SMILES string of the molecule is C#Cc1c(O)c(CSOOO)c(C)c(C(N)=O)c1O. The van der Waals surface area contributed by atoms with Gasteiger partial charge in [-0.3, -0.25) is 4.79 Å². The molecule has 1 amide bonds. The number of primary amides is 1. The number of carbonyl (C=O) groups excluding carboxylic acids is 1. The Balaban J connectivity index is 3.42. The molecule has 0 aliphatic rings. The predicted octanol–water partition coefficient (Wildman–Crippen LogP) is 1.06. The number of carbonyl (C=O) groups is 1. The van der Waals surface area contributed by atoms with Crippen molar-refractivity contribution >= 4 is 17.9 Å². The first-order chi connectivity index (χ1) is 8.95. The molecule has 1 aromatic carbocycles. The quantitative estimate of drug-likeness (QED) is 0.210. The standard InChI is InChI=1S/C11H11NO6S/c1-3-6-9(13)7(4-19-18-17-16)5(2)8(10(6)14)11(12)15/h1,13-14,16H,4H2,2H3,(H2,12,15). The first-order valence-corrected chi connectivity index (χ1v) is 5.80. The second-order valence-corrected chi connectivity index (χ2v) is 4.12. The Kier molecular flexibility index (Phi) is 5.02. The normalized spacial score (nSPS) is 10.2. The summed E-state index contributed by atoms with van der Waals surface area (Å²) in [5, 5.41) is 31.2. The Labute approximate surface area is 113 Å². The van der Waals surface area contributed by atoms with Gasteiger partial charge in [0.1, 0.15) is 17.1 Å². The van der Waals surface area contributed by atoms with Gasteiger partial charge in [0.2, 0.25) is 0 Å². The van der Waals surface area contributed by atoms with Crippen LogP contribution in [-0.4, -0.2) is 21.4 Å². The Morgan fingerprint density at radius 3 is 2.58 bits per heavy atom. The fraction of sp³-hybridized carbons (Fsp3) is 0.182. The first kappa shape index (κ1) is 15.1. The summed E-state index contributed by atoms with van der Waals surface area (Å²) >= 11 is 0.646. The number of nitrogens with two attached hydrogens (primary N) is 1. The van der Waals surface area contributed by atoms with Gasteiger partial charge >= 0.3 is 0 Å². The molecule has 0 heterocycles. The van der Waals surface area contributed by atoms with Crippen LogP contribution in [-0.2, 0) is 15.1 Å². The lowest BCUT2D eigenvalue weighted by atomic mass is 9.96. The van der Waals surface area contributed by atoms with Gasteiger partial charge in [0.25, 0.3) is 5.91 Å². The molecule has 0 aliphatic heterocycles. The summed E-state index contributed by atoms with van der Waals surface area (Å²) in [6.07, 6.45) is 5.17. The summed E-state index contributed by atoms with van der Waals surface area (Å²) in [6.45, 7) is 1.48. The van der Waals surface area contributed by atoms with E-state index in [0.717, 1.165) is 0 Å². The van der Waals surface area contributed by atoms with Gasteiger partial charge in [0, 0.05) is 17.6 Å². The number of phenols is 2. The summed E-state index contributed by atoms with van der Waals surface area (Å²) in [7, 11) is 0. The molecule has 19 heavy (non-hydrogen) atoms. The number of phenolic OH excluding ortho intramolecular Hbond substituents is 1. The molecule has 0 fully saturated rings. The molecule has 5 N–H and O–H groups in total. The van der Waals surface area contributed by atoms with E-state index in [1.165, 1.54) is 6.92 Å². The van der Waals surface area contributed by atoms with Gasteiger partial charge < -0.3 is 15.9 Å². The smallest absolute Gasteiger partial charge is 0.252 e. The highest BCUT2D eigenvalue weighted by Gasteiger charge is 2.23. The van der Waals surface area contributed by atoms with Crippen LogP contribution in [0.5, 0.6) is 11.5 Å². The highest BCUT2D eigenvalue weighted by Crippen LogP contribution is 2.38. The van der Waals surface area contributed by atoms with Crippen molar-refractivity contribution in [2.24, 2.45) is 5.73 Å². The van der Waals surface area contributed by atoms with E-state index in [4.69, 9.17) is 17.4 Å². The minimum Gasteiger partial charge on any atom is -0.506 e. The van der Waals surface area contributed by atoms with Crippen LogP contribution in [0.3, 0.4) is 0 Å². The summed E-state index contributed by atoms with van der Waals surface area (Å²) < 4.78 is 4.18. The molecule has 102 valence electrons. The Bertz CT molecular complexity index is 551. The van der Waals surface area contributed by atoms with E-state index < -0.39 is 11.7 Å². The van der Waals surface area contributed by atoms with Crippen LogP contribution in [0.1, 0.15) is 27.0 Å². The second-order valence-electron chi connectivity index (χ2n) is 3.46. The van der Waals surface area contributed by atoms with Gasteiger partial charge in [-0.25, -0.2) is 5.26 Å². The number of amides is 1. The molecule has 0 radical (unpaired) electrons. The van der Waals surface area contributed by atoms with Crippen molar-refractivity contribution in [1.82, 2.24) is 0 Å². The molecule has 1 rings (SSSR count). The maximum Gasteiger partial charge on any atom is 0.252 e. The topological polar surface area (TPSA) is 122 Å². The number of benzene rings is 1. The zero-order valence-electron chi connectivity index (χ0n) is 9.84. The zero-order chi connectivity index (χ0) is 14.6. The molecule has 0 unspecified atom stereocenters. The molecule has 0 aliphatic carbocycles. The summed E-state index contributed by atoms with van der Waals surface area (Å²) in [6, 6.07) is 0. The van der Waals surface area contributed by atoms with E-state index in [-0.39, 0.29) is 33.8 Å². The van der Waals surface area contributed by atoms with Gasteiger partial charge in [-0.2, -0.15) is 0 Å². The lowest BCUT2D eigenvalue weighted by Gasteiger charge is -2.14. The maximum atomic E-state index is 11.3. The minimum atomic E-state index is -0.878. The Morgan fingerprint density at radius 2 is 2.11 bits per heavy atom. The number of rotatable bonds is 5. The first-order valence-electron chi connectivity index (χ1n) is 4.89. The molecular weight excluding hydrogens is 274 g/mol. The largest absolute Gasteiger partial charge is 0.506 e. The van der Waals surface area contributed by atoms with E-state index in [1.54, 1.807) is 0 Å². The van der Waals surface area contributed by atoms with E-state index in [9.17, 15) is 15.0 Å². The Morgan fingerprint density at radius 1 is 1.47 bits per heavy atom. The van der Waals surface area contributed by atoms with Crippen LogP contribution in [0.25, 0.3) is 0 Å². The Hall–Kier alpha value is -1.92. The second kappa shape index (κ2) is 6.31. The van der Waals surface area contributed by atoms with Crippen LogP contribution >= 0.6 is 12.0 Å². The van der Waals surface area contributed by atoms with Gasteiger partial charge in [-0.15, -0.1) is 10.8 Å². The van der Waals surface area contributed by atoms with Crippen molar-refractivity contribution in [2.75, 3.05) is 0 Å². The van der Waals surface area contributed by atoms with Crippen LogP contribution in [0.4, 0.5) is 0 Å². The summed E-state index contributed by atoms with van der Waals surface area (Å²) in [5.74, 6) is 0.300. The average molecular weight is 285 g/mol. The number of hydrogen-bond donors (Lipinski definition) is 4. The zero-order valence-corrected chi connectivity index (χ0v) is 10.7. The van der Waals surface area contributed by atoms with E-state index in [2.05, 4.69) is 15.3 Å². The van der Waals surface area contributed by atoms with E-state index >= 15 is 0 Å². The fourth-order valence-electron chi connectivity index (χ4n) is 1.61. The molecule has 0 spiro atoms. The highest BCUT2D eigenvalue weighted by atomic mass is 32.2. The van der Waals surface area contributed by atoms with Crippen molar-refractivity contribution < 1.29 is 29.6 Å².